The SMILES string of the molecule is N=[N+]=NC1=CC=NC2=NN=NC12. The van der Waals surface area contributed by atoms with Gasteiger partial charge in [-0.3, -0.25) is 0 Å². The molecule has 2 rings (SSSR count). The van der Waals surface area contributed by atoms with E-state index in [9.17, 15) is 0 Å². The highest BCUT2D eigenvalue weighted by Gasteiger charge is 2.28. The van der Waals surface area contributed by atoms with E-state index in [0.29, 0.717) is 11.5 Å². The highest BCUT2D eigenvalue weighted by Crippen LogP contribution is 2.18. The van der Waals surface area contributed by atoms with Gasteiger partial charge in [-0.05, 0) is 11.3 Å². The average molecular weight is 162 g/mol. The smallest absolute Gasteiger partial charge is 0.219 e. The molecule has 0 radical (unpaired) electrons. The van der Waals surface area contributed by atoms with Gasteiger partial charge in [-0.1, -0.05) is 0 Å². The standard InChI is InChI=1S/C5H4N7/c6-11-8-3-1-2-7-5-4(3)9-12-10-5/h1-2,4,6H/q+1. The monoisotopic (exact) mass is 162 g/mol. The average Bonchev–Trinajstić information content (AvgIpc) is 2.53. The van der Waals surface area contributed by atoms with Crippen LogP contribution in [0.1, 0.15) is 0 Å². The Hall–Kier alpha value is -2.01. The van der Waals surface area contributed by atoms with E-state index in [2.05, 4.69) is 30.5 Å². The molecule has 0 aromatic heterocycles. The molecular formula is C5H4N7+. The summed E-state index contributed by atoms with van der Waals surface area (Å²) in [6.45, 7) is 0. The Morgan fingerprint density at radius 1 is 1.58 bits per heavy atom. The fraction of sp³-hybridized carbons (Fsp3) is 0.200. The van der Waals surface area contributed by atoms with E-state index in [4.69, 9.17) is 5.53 Å². The number of nitrogens with zero attached hydrogens (tertiary/aromatic N) is 6. The lowest BCUT2D eigenvalue weighted by atomic mass is 10.2. The highest BCUT2D eigenvalue weighted by atomic mass is 15.4. The molecule has 0 amide bonds. The molecule has 1 unspecified atom stereocenters. The van der Waals surface area contributed by atoms with Gasteiger partial charge in [0, 0.05) is 6.21 Å². The maximum absolute atomic E-state index is 6.55. The zero-order valence-electron chi connectivity index (χ0n) is 5.92. The normalized spacial score (nSPS) is 24.2. The van der Waals surface area contributed by atoms with E-state index in [1.54, 1.807) is 6.08 Å². The molecule has 0 bridgehead atoms. The van der Waals surface area contributed by atoms with Gasteiger partial charge in [0.2, 0.25) is 4.91 Å². The number of amidine groups is 1. The summed E-state index contributed by atoms with van der Waals surface area (Å²) in [5, 5.41) is 14.4. The molecule has 2 heterocycles. The third-order valence-electron chi connectivity index (χ3n) is 1.46. The van der Waals surface area contributed by atoms with Crippen LogP contribution in [0.2, 0.25) is 0 Å². The number of hydrogen-bond acceptors (Lipinski definition) is 6. The Morgan fingerprint density at radius 3 is 3.33 bits per heavy atom. The second-order valence-corrected chi connectivity index (χ2v) is 2.14. The second-order valence-electron chi connectivity index (χ2n) is 2.14. The van der Waals surface area contributed by atoms with Crippen molar-refractivity contribution < 1.29 is 0 Å². The zero-order valence-corrected chi connectivity index (χ0v) is 5.92. The molecular weight excluding hydrogens is 158 g/mol. The lowest BCUT2D eigenvalue weighted by molar-refractivity contribution is 0.852. The van der Waals surface area contributed by atoms with Crippen LogP contribution in [0.15, 0.2) is 37.3 Å². The van der Waals surface area contributed by atoms with Crippen molar-refractivity contribution in [3.05, 3.63) is 11.8 Å². The van der Waals surface area contributed by atoms with E-state index in [0.717, 1.165) is 0 Å². The van der Waals surface area contributed by atoms with Crippen molar-refractivity contribution in [1.29, 1.82) is 5.53 Å². The van der Waals surface area contributed by atoms with Crippen LogP contribution in [-0.2, 0) is 0 Å². The molecule has 0 aromatic carbocycles. The van der Waals surface area contributed by atoms with Gasteiger partial charge in [-0.2, -0.15) is 5.11 Å². The predicted octanol–water partition coefficient (Wildman–Crippen LogP) is 0.653. The molecule has 7 nitrogen and oxygen atoms in total. The lowest BCUT2D eigenvalue weighted by Gasteiger charge is -2.03. The van der Waals surface area contributed by atoms with E-state index >= 15 is 0 Å². The molecule has 0 fully saturated rings. The molecule has 0 saturated heterocycles. The van der Waals surface area contributed by atoms with Crippen LogP contribution in [0.3, 0.4) is 0 Å². The van der Waals surface area contributed by atoms with Crippen molar-refractivity contribution in [2.45, 2.75) is 6.04 Å². The van der Waals surface area contributed by atoms with Crippen LogP contribution >= 0.6 is 0 Å². The van der Waals surface area contributed by atoms with Crippen LogP contribution in [0.4, 0.5) is 0 Å². The zero-order chi connectivity index (χ0) is 8.39. The number of hydrogen-bond donors (Lipinski definition) is 1. The Kier molecular flexibility index (Phi) is 1.42. The van der Waals surface area contributed by atoms with E-state index in [1.165, 1.54) is 6.21 Å². The molecule has 12 heavy (non-hydrogen) atoms. The van der Waals surface area contributed by atoms with Crippen LogP contribution in [0, 0.1) is 5.53 Å². The van der Waals surface area contributed by atoms with Gasteiger partial charge < -0.3 is 0 Å². The second kappa shape index (κ2) is 2.55. The topological polar surface area (TPSA) is 99.8 Å². The maximum atomic E-state index is 6.55. The van der Waals surface area contributed by atoms with Crippen molar-refractivity contribution in [3.8, 4) is 0 Å². The number of fused-ring (bicyclic) bond motifs is 1. The quantitative estimate of drug-likeness (QED) is 0.432. The van der Waals surface area contributed by atoms with Gasteiger partial charge in [0.15, 0.2) is 22.7 Å². The molecule has 0 spiro atoms. The van der Waals surface area contributed by atoms with Gasteiger partial charge in [0.05, 0.1) is 0 Å². The van der Waals surface area contributed by atoms with Crippen LogP contribution < -0.4 is 4.91 Å². The molecule has 1 N–H and O–H groups in total. The summed E-state index contributed by atoms with van der Waals surface area (Å²) in [6, 6.07) is -0.357. The third-order valence-corrected chi connectivity index (χ3v) is 1.46. The van der Waals surface area contributed by atoms with Gasteiger partial charge in [0.1, 0.15) is 5.53 Å². The first kappa shape index (κ1) is 6.68. The third kappa shape index (κ3) is 0.886. The Morgan fingerprint density at radius 2 is 2.50 bits per heavy atom. The van der Waals surface area contributed by atoms with E-state index in [-0.39, 0.29) is 6.04 Å². The Labute approximate surface area is 66.8 Å². The minimum atomic E-state index is -0.357. The number of dihydropyridines is 1. The summed E-state index contributed by atoms with van der Waals surface area (Å²) in [6.07, 6.45) is 3.17. The first-order valence-electron chi connectivity index (χ1n) is 3.21. The summed E-state index contributed by atoms with van der Waals surface area (Å²) in [5.74, 6) is 0.500. The van der Waals surface area contributed by atoms with E-state index < -0.39 is 0 Å². The van der Waals surface area contributed by atoms with Crippen molar-refractivity contribution in [3.63, 3.8) is 0 Å². The minimum absolute atomic E-state index is 0.357. The van der Waals surface area contributed by atoms with Crippen molar-refractivity contribution in [2.75, 3.05) is 0 Å². The number of nitrogens with one attached hydrogen (secondary N) is 1. The Bertz CT molecular complexity index is 367. The minimum Gasteiger partial charge on any atom is -0.237 e. The molecule has 0 aliphatic carbocycles. The van der Waals surface area contributed by atoms with Gasteiger partial charge in [-0.25, -0.2) is 4.99 Å². The predicted molar refractivity (Wildman–Crippen MR) is 39.9 cm³/mol. The van der Waals surface area contributed by atoms with Gasteiger partial charge in [0.25, 0.3) is 0 Å². The van der Waals surface area contributed by atoms with Crippen LogP contribution in [0.25, 0.3) is 0 Å². The Balaban J connectivity index is 2.41. The summed E-state index contributed by atoms with van der Waals surface area (Å²) in [5.41, 5.74) is 7.09. The van der Waals surface area contributed by atoms with E-state index in [1.807, 2.05) is 0 Å². The summed E-state index contributed by atoms with van der Waals surface area (Å²) < 4.78 is 0. The van der Waals surface area contributed by atoms with Crippen molar-refractivity contribution >= 4 is 12.1 Å². The number of aliphatic imine (C=N–C) groups is 1. The van der Waals surface area contributed by atoms with Crippen molar-refractivity contribution in [2.24, 2.45) is 25.5 Å². The first-order chi connectivity index (χ1) is 5.92. The number of rotatable bonds is 1. The molecule has 1 atom stereocenters. The molecule has 2 aliphatic heterocycles. The lowest BCUT2D eigenvalue weighted by Crippen LogP contribution is -2.18. The summed E-state index contributed by atoms with van der Waals surface area (Å²) >= 11 is 0. The van der Waals surface area contributed by atoms with Gasteiger partial charge in [-0.15, -0.1) is 5.10 Å². The fourth-order valence-electron chi connectivity index (χ4n) is 0.944. The number of allylic oxidation sites excluding steroid dienone is 1. The summed E-state index contributed by atoms with van der Waals surface area (Å²) in [4.78, 5) is 6.83. The molecule has 2 aliphatic rings. The largest absolute Gasteiger partial charge is 0.237 e. The summed E-state index contributed by atoms with van der Waals surface area (Å²) in [7, 11) is 0. The van der Waals surface area contributed by atoms with Crippen LogP contribution in [0.5, 0.6) is 0 Å². The molecule has 7 heteroatoms. The highest BCUT2D eigenvalue weighted by molar-refractivity contribution is 6.01. The maximum Gasteiger partial charge on any atom is 0.219 e. The molecule has 0 aromatic rings. The van der Waals surface area contributed by atoms with Gasteiger partial charge >= 0.3 is 0 Å². The fourth-order valence-corrected chi connectivity index (χ4v) is 0.944. The van der Waals surface area contributed by atoms with Crippen LogP contribution in [-0.4, -0.2) is 18.1 Å². The molecule has 58 valence electrons. The van der Waals surface area contributed by atoms with Crippen molar-refractivity contribution in [1.82, 2.24) is 4.91 Å². The molecule has 0 saturated carbocycles. The first-order valence-corrected chi connectivity index (χ1v) is 3.21.